The van der Waals surface area contributed by atoms with Crippen LogP contribution in [0.25, 0.3) is 0 Å². The lowest BCUT2D eigenvalue weighted by molar-refractivity contribution is 0.515. The molecule has 4 heteroatoms. The summed E-state index contributed by atoms with van der Waals surface area (Å²) in [6, 6.07) is 0. The Kier molecular flexibility index (Phi) is 11.9. The number of rotatable bonds is 15. The number of aromatic nitrogens is 2. The van der Waals surface area contributed by atoms with Gasteiger partial charge in [-0.2, -0.15) is 0 Å². The highest BCUT2D eigenvalue weighted by molar-refractivity contribution is 8.18. The molecule has 0 spiro atoms. The van der Waals surface area contributed by atoms with Crippen molar-refractivity contribution in [2.75, 3.05) is 11.5 Å². The molecule has 1 aromatic rings. The standard InChI is InChI=1S/C22H40N2S2/c1-2-3-4-5-6-7-8-9-10-11-14-22(25-19-13-20-26-22)15-12-17-24-18-16-23-21-24/h16,18,21H,2-15,17,19-20H2,1H3. The Morgan fingerprint density at radius 3 is 2.08 bits per heavy atom. The molecule has 1 aliphatic heterocycles. The van der Waals surface area contributed by atoms with Gasteiger partial charge in [-0.25, -0.2) is 4.98 Å². The third-order valence-electron chi connectivity index (χ3n) is 5.46. The zero-order valence-corrected chi connectivity index (χ0v) is 18.6. The van der Waals surface area contributed by atoms with Crippen molar-refractivity contribution in [2.24, 2.45) is 0 Å². The van der Waals surface area contributed by atoms with Crippen LogP contribution < -0.4 is 0 Å². The summed E-state index contributed by atoms with van der Waals surface area (Å²) in [5.41, 5.74) is 0. The molecule has 1 saturated heterocycles. The summed E-state index contributed by atoms with van der Waals surface area (Å²) in [7, 11) is 0. The van der Waals surface area contributed by atoms with Crippen molar-refractivity contribution in [2.45, 2.75) is 107 Å². The maximum absolute atomic E-state index is 4.16. The van der Waals surface area contributed by atoms with E-state index in [-0.39, 0.29) is 0 Å². The number of imidazole rings is 1. The number of aryl methyl sites for hydroxylation is 1. The first kappa shape index (κ1) is 22.2. The van der Waals surface area contributed by atoms with Crippen molar-refractivity contribution in [3.05, 3.63) is 18.7 Å². The second kappa shape index (κ2) is 14.0. The van der Waals surface area contributed by atoms with E-state index in [0.717, 1.165) is 6.54 Å². The third-order valence-corrected chi connectivity index (χ3v) is 9.02. The van der Waals surface area contributed by atoms with Gasteiger partial charge in [-0.3, -0.25) is 0 Å². The average molecular weight is 397 g/mol. The van der Waals surface area contributed by atoms with Crippen LogP contribution in [0.3, 0.4) is 0 Å². The maximum Gasteiger partial charge on any atom is 0.0945 e. The number of hydrogen-bond acceptors (Lipinski definition) is 3. The van der Waals surface area contributed by atoms with Crippen molar-refractivity contribution >= 4 is 23.5 Å². The second-order valence-corrected chi connectivity index (χ2v) is 11.0. The fraction of sp³-hybridized carbons (Fsp3) is 0.864. The van der Waals surface area contributed by atoms with Gasteiger partial charge in [0.15, 0.2) is 0 Å². The van der Waals surface area contributed by atoms with Crippen LogP contribution in [-0.4, -0.2) is 25.1 Å². The molecule has 0 aromatic carbocycles. The van der Waals surface area contributed by atoms with E-state index >= 15 is 0 Å². The predicted octanol–water partition coefficient (Wildman–Crippen LogP) is 7.54. The molecule has 0 saturated carbocycles. The van der Waals surface area contributed by atoms with Crippen LogP contribution >= 0.6 is 23.5 Å². The van der Waals surface area contributed by atoms with Gasteiger partial charge in [-0.15, -0.1) is 23.5 Å². The van der Waals surface area contributed by atoms with E-state index < -0.39 is 0 Å². The Bertz CT molecular complexity index is 427. The van der Waals surface area contributed by atoms with Crippen molar-refractivity contribution in [1.82, 2.24) is 9.55 Å². The summed E-state index contributed by atoms with van der Waals surface area (Å²) in [4.78, 5) is 4.16. The first-order chi connectivity index (χ1) is 12.8. The highest BCUT2D eigenvalue weighted by Crippen LogP contribution is 2.49. The zero-order chi connectivity index (χ0) is 18.3. The van der Waals surface area contributed by atoms with Gasteiger partial charge in [0.2, 0.25) is 0 Å². The Morgan fingerprint density at radius 2 is 1.46 bits per heavy atom. The van der Waals surface area contributed by atoms with Gasteiger partial charge in [-0.1, -0.05) is 71.1 Å². The number of unbranched alkanes of at least 4 members (excludes halogenated alkanes) is 9. The quantitative estimate of drug-likeness (QED) is 0.285. The van der Waals surface area contributed by atoms with Crippen LogP contribution in [0.4, 0.5) is 0 Å². The zero-order valence-electron chi connectivity index (χ0n) is 17.0. The minimum absolute atomic E-state index is 0.513. The van der Waals surface area contributed by atoms with E-state index in [0.29, 0.717) is 4.08 Å². The lowest BCUT2D eigenvalue weighted by atomic mass is 10.0. The van der Waals surface area contributed by atoms with E-state index in [1.165, 1.54) is 101 Å². The number of hydrogen-bond donors (Lipinski definition) is 0. The first-order valence-corrected chi connectivity index (χ1v) is 13.1. The highest BCUT2D eigenvalue weighted by atomic mass is 32.2. The third kappa shape index (κ3) is 9.21. The Morgan fingerprint density at radius 1 is 0.846 bits per heavy atom. The minimum atomic E-state index is 0.513. The molecule has 2 heterocycles. The first-order valence-electron chi connectivity index (χ1n) is 11.1. The van der Waals surface area contributed by atoms with Crippen molar-refractivity contribution < 1.29 is 0 Å². The lowest BCUT2D eigenvalue weighted by Crippen LogP contribution is -2.25. The largest absolute Gasteiger partial charge is 0.337 e. The molecule has 0 aliphatic carbocycles. The molecular weight excluding hydrogens is 356 g/mol. The van der Waals surface area contributed by atoms with E-state index in [9.17, 15) is 0 Å². The van der Waals surface area contributed by atoms with Crippen LogP contribution in [0, 0.1) is 0 Å². The molecule has 0 radical (unpaired) electrons. The van der Waals surface area contributed by atoms with E-state index in [4.69, 9.17) is 0 Å². The molecule has 2 nitrogen and oxygen atoms in total. The molecule has 0 bridgehead atoms. The van der Waals surface area contributed by atoms with Gasteiger partial charge < -0.3 is 4.57 Å². The van der Waals surface area contributed by atoms with Gasteiger partial charge in [0.05, 0.1) is 10.4 Å². The highest BCUT2D eigenvalue weighted by Gasteiger charge is 2.32. The van der Waals surface area contributed by atoms with Gasteiger partial charge in [0.25, 0.3) is 0 Å². The van der Waals surface area contributed by atoms with Crippen LogP contribution in [-0.2, 0) is 6.54 Å². The van der Waals surface area contributed by atoms with Crippen molar-refractivity contribution in [1.29, 1.82) is 0 Å². The molecule has 2 rings (SSSR count). The van der Waals surface area contributed by atoms with Gasteiger partial charge >= 0.3 is 0 Å². The van der Waals surface area contributed by atoms with Crippen LogP contribution in [0.15, 0.2) is 18.7 Å². The second-order valence-electron chi connectivity index (χ2n) is 7.80. The van der Waals surface area contributed by atoms with Crippen LogP contribution in [0.5, 0.6) is 0 Å². The van der Waals surface area contributed by atoms with E-state index in [2.05, 4.69) is 46.2 Å². The molecule has 0 amide bonds. The molecule has 1 aromatic heterocycles. The van der Waals surface area contributed by atoms with Crippen molar-refractivity contribution in [3.63, 3.8) is 0 Å². The summed E-state index contributed by atoms with van der Waals surface area (Å²) in [5, 5.41) is 0. The lowest BCUT2D eigenvalue weighted by Gasteiger charge is -2.36. The monoisotopic (exact) mass is 396 g/mol. The summed E-state index contributed by atoms with van der Waals surface area (Å²) in [5.74, 6) is 2.74. The normalized spacial score (nSPS) is 16.8. The molecule has 0 N–H and O–H groups in total. The fourth-order valence-electron chi connectivity index (χ4n) is 3.86. The topological polar surface area (TPSA) is 17.8 Å². The van der Waals surface area contributed by atoms with Crippen LogP contribution in [0.1, 0.15) is 96.8 Å². The van der Waals surface area contributed by atoms with Gasteiger partial charge in [0.1, 0.15) is 0 Å². The molecular formula is C22H40N2S2. The van der Waals surface area contributed by atoms with Crippen LogP contribution in [0.2, 0.25) is 0 Å². The summed E-state index contributed by atoms with van der Waals surface area (Å²) in [6.07, 6.45) is 25.8. The SMILES string of the molecule is CCCCCCCCCCCCC1(CCCn2ccnc2)SCCCS1. The molecule has 0 unspecified atom stereocenters. The fourth-order valence-corrected chi connectivity index (χ4v) is 7.35. The molecule has 150 valence electrons. The molecule has 1 aliphatic rings. The van der Waals surface area contributed by atoms with Gasteiger partial charge in [0, 0.05) is 18.9 Å². The van der Waals surface area contributed by atoms with E-state index in [1.54, 1.807) is 0 Å². The van der Waals surface area contributed by atoms with Crippen molar-refractivity contribution in [3.8, 4) is 0 Å². The Hall–Kier alpha value is -0.0900. The number of nitrogens with zero attached hydrogens (tertiary/aromatic N) is 2. The maximum atomic E-state index is 4.16. The van der Waals surface area contributed by atoms with Gasteiger partial charge in [-0.05, 0) is 37.2 Å². The van der Waals surface area contributed by atoms with E-state index in [1.807, 2.05) is 12.5 Å². The molecule has 0 atom stereocenters. The number of thioether (sulfide) groups is 2. The Balaban J connectivity index is 1.55. The molecule has 26 heavy (non-hydrogen) atoms. The Labute approximate surface area is 170 Å². The average Bonchev–Trinajstić information content (AvgIpc) is 3.18. The minimum Gasteiger partial charge on any atom is -0.337 e. The summed E-state index contributed by atoms with van der Waals surface area (Å²) < 4.78 is 2.74. The summed E-state index contributed by atoms with van der Waals surface area (Å²) >= 11 is 4.53. The predicted molar refractivity (Wildman–Crippen MR) is 120 cm³/mol. The smallest absolute Gasteiger partial charge is 0.0945 e. The molecule has 1 fully saturated rings. The summed E-state index contributed by atoms with van der Waals surface area (Å²) in [6.45, 7) is 3.42.